The van der Waals surface area contributed by atoms with E-state index in [4.69, 9.17) is 42.5 Å². The lowest BCUT2D eigenvalue weighted by Crippen LogP contribution is -1.99. The van der Waals surface area contributed by atoms with Gasteiger partial charge in [-0.2, -0.15) is 0 Å². The van der Waals surface area contributed by atoms with Gasteiger partial charge in [0.15, 0.2) is 0 Å². The first-order valence-electron chi connectivity index (χ1n) is 20.1. The lowest BCUT2D eigenvalue weighted by atomic mass is 10.0. The molecule has 0 aliphatic heterocycles. The van der Waals surface area contributed by atoms with Gasteiger partial charge in [0.25, 0.3) is 0 Å². The van der Waals surface area contributed by atoms with E-state index in [2.05, 4.69) is 4.74 Å². The third-order valence-corrected chi connectivity index (χ3v) is 1.10. The fourth-order valence-corrected chi connectivity index (χ4v) is 0.477. The lowest BCUT2D eigenvalue weighted by molar-refractivity contribution is -0.140. The monoisotopic (exact) mass is 301 g/mol. The van der Waals surface area contributed by atoms with E-state index in [0.717, 1.165) is 0 Å². The maximum Gasteiger partial charge on any atom is 0.305 e. The second-order valence-electron chi connectivity index (χ2n) is 2.24. The molecule has 0 fully saturated rings. The van der Waals surface area contributed by atoms with E-state index in [1.165, 1.54) is 0 Å². The molecule has 0 amide bonds. The van der Waals surface area contributed by atoms with Gasteiger partial charge in [-0.15, -0.1) is 0 Å². The molecule has 0 spiro atoms. The van der Waals surface area contributed by atoms with Crippen molar-refractivity contribution in [3.63, 3.8) is 0 Å². The number of ether oxygens (including phenoxy) is 1. The SMILES string of the molecule is [2H]C([2H])([2H])C([2H])([2H])C([2H])([2H])C([2H])([2H])C([2H])([2H])C([2H])([2H])C([2H])([2H])C([2H])([2H])C([2H])([2H])C([2H])([2H])C([2H])([2H])C([2H])([2H])C([2H])([2H])C([2H])([2H])C([2H])([2H])C(=O)OC. The highest BCUT2D eigenvalue weighted by Gasteiger charge is 1.99. The summed E-state index contributed by atoms with van der Waals surface area (Å²) in [7, 11) is 0.493. The zero-order valence-corrected chi connectivity index (χ0v) is 9.82. The number of hydrogen-bond donors (Lipinski definition) is 0. The maximum atomic E-state index is 11.9. The van der Waals surface area contributed by atoms with Crippen molar-refractivity contribution in [2.75, 3.05) is 7.11 Å². The van der Waals surface area contributed by atoms with Crippen LogP contribution in [0.25, 0.3) is 0 Å². The molecular weight excluding hydrogens is 236 g/mol. The molecule has 0 unspecified atom stereocenters. The molecule has 0 rings (SSSR count). The number of carbonyl (C=O) groups excluding carboxylic acids is 1. The van der Waals surface area contributed by atoms with Crippen LogP contribution in [0.1, 0.15) is 139 Å². The van der Waals surface area contributed by atoms with E-state index in [1.807, 2.05) is 0 Å². The highest BCUT2D eigenvalue weighted by Crippen LogP contribution is 2.12. The Morgan fingerprint density at radius 1 is 0.842 bits per heavy atom. The summed E-state index contributed by atoms with van der Waals surface area (Å²) in [4.78, 5) is 11.9. The van der Waals surface area contributed by atoms with Crippen LogP contribution >= 0.6 is 0 Å². The van der Waals surface area contributed by atoms with Crippen LogP contribution in [-0.4, -0.2) is 13.1 Å². The molecule has 0 heterocycles. The maximum absolute atomic E-state index is 11.9. The molecule has 114 valence electrons. The van der Waals surface area contributed by atoms with Gasteiger partial charge in [-0.1, -0.05) is 83.3 Å². The van der Waals surface area contributed by atoms with Crippen molar-refractivity contribution in [1.82, 2.24) is 0 Å². The van der Waals surface area contributed by atoms with Crippen molar-refractivity contribution in [2.45, 2.75) is 96.1 Å². The Hall–Kier alpha value is -0.530. The Balaban J connectivity index is 7.68. The minimum Gasteiger partial charge on any atom is -0.469 e. The van der Waals surface area contributed by atoms with E-state index in [0.29, 0.717) is 7.11 Å². The number of esters is 1. The summed E-state index contributed by atoms with van der Waals surface area (Å²) in [5.41, 5.74) is 0. The Bertz CT molecular complexity index is 1270. The largest absolute Gasteiger partial charge is 0.469 e. The molecule has 0 saturated carbocycles. The second-order valence-corrected chi connectivity index (χ2v) is 2.24. The van der Waals surface area contributed by atoms with Crippen molar-refractivity contribution in [1.29, 1.82) is 0 Å². The molecular formula is C17H34O2. The Morgan fingerprint density at radius 2 is 1.26 bits per heavy atom. The minimum absolute atomic E-state index is 0.493. The third-order valence-electron chi connectivity index (χ3n) is 1.10. The summed E-state index contributed by atoms with van der Waals surface area (Å²) in [5.74, 6) is -2.18. The van der Waals surface area contributed by atoms with Crippen molar-refractivity contribution in [2.24, 2.45) is 0 Å². The van der Waals surface area contributed by atoms with Crippen LogP contribution in [-0.2, 0) is 9.53 Å². The van der Waals surface area contributed by atoms with E-state index in [-0.39, 0.29) is 0 Å². The summed E-state index contributed by atoms with van der Waals surface area (Å²) in [6, 6.07) is 0. The average molecular weight is 302 g/mol. The topological polar surface area (TPSA) is 26.3 Å². The van der Waals surface area contributed by atoms with Gasteiger partial charge >= 0.3 is 5.97 Å². The van der Waals surface area contributed by atoms with E-state index in [9.17, 15) is 4.79 Å². The van der Waals surface area contributed by atoms with E-state index >= 15 is 0 Å². The predicted molar refractivity (Wildman–Crippen MR) is 82.3 cm³/mol. The molecule has 0 N–H and O–H groups in total. The number of rotatable bonds is 14. The summed E-state index contributed by atoms with van der Waals surface area (Å²) >= 11 is 0. The third kappa shape index (κ3) is 15.4. The van der Waals surface area contributed by atoms with Crippen LogP contribution < -0.4 is 0 Å². The highest BCUT2D eigenvalue weighted by molar-refractivity contribution is 5.68. The quantitative estimate of drug-likeness (QED) is 0.388. The van der Waals surface area contributed by atoms with Crippen LogP contribution in [0.2, 0.25) is 0 Å². The van der Waals surface area contributed by atoms with Gasteiger partial charge in [-0.25, -0.2) is 0 Å². The standard InChI is InChI=1S/C17H34O2/c1-3-4-5-6-7-8-9-10-11-12-13-14-15-16-17(18)19-2/h3-16H2,1-2H3/i1D3,3D2,4D2,5D2,6D2,7D2,8D2,9D2,10D2,11D2,12D2,13D2,14D2,15D2,16D2. The molecule has 2 nitrogen and oxygen atoms in total. The number of hydrogen-bond acceptors (Lipinski definition) is 2. The van der Waals surface area contributed by atoms with Crippen LogP contribution in [0.15, 0.2) is 0 Å². The minimum atomic E-state index is -5.11. The van der Waals surface area contributed by atoms with Crippen LogP contribution in [0.4, 0.5) is 0 Å². The molecule has 0 atom stereocenters. The molecule has 19 heavy (non-hydrogen) atoms. The molecule has 0 aromatic carbocycles. The van der Waals surface area contributed by atoms with Gasteiger partial charge in [0.1, 0.15) is 0 Å². The predicted octanol–water partition coefficient (Wildman–Crippen LogP) is 5.64. The van der Waals surface area contributed by atoms with Gasteiger partial charge < -0.3 is 4.74 Å². The van der Waals surface area contributed by atoms with Crippen LogP contribution in [0.3, 0.4) is 0 Å². The summed E-state index contributed by atoms with van der Waals surface area (Å²) in [5, 5.41) is 0. The summed E-state index contributed by atoms with van der Waals surface area (Å²) < 4.78 is 249. The fraction of sp³-hybridized carbons (Fsp3) is 0.941. The van der Waals surface area contributed by atoms with Crippen LogP contribution in [0.5, 0.6) is 0 Å². The average Bonchev–Trinajstić information content (AvgIpc) is 2.90. The molecule has 0 aliphatic carbocycles. The van der Waals surface area contributed by atoms with Gasteiger partial charge in [0.05, 0.1) is 7.11 Å². The highest BCUT2D eigenvalue weighted by atomic mass is 16.5. The molecule has 0 aromatic rings. The molecule has 2 heteroatoms. The van der Waals surface area contributed by atoms with E-state index in [1.54, 1.807) is 0 Å². The molecule has 0 saturated heterocycles. The normalized spacial score (nSPS) is 46.1. The van der Waals surface area contributed by atoms with Crippen molar-refractivity contribution in [3.8, 4) is 0 Å². The number of carbonyl (C=O) groups is 1. The molecule has 0 aromatic heterocycles. The van der Waals surface area contributed by atoms with E-state index < -0.39 is 102 Å². The molecule has 0 bridgehead atoms. The molecule has 0 radical (unpaired) electrons. The Morgan fingerprint density at radius 3 is 1.68 bits per heavy atom. The zero-order valence-electron chi connectivity index (χ0n) is 40.8. The van der Waals surface area contributed by atoms with Gasteiger partial charge in [-0.3, -0.25) is 4.79 Å². The lowest BCUT2D eigenvalue weighted by Gasteiger charge is -2.03. The summed E-state index contributed by atoms with van der Waals surface area (Å²) in [6.45, 7) is -4.10. The van der Waals surface area contributed by atoms with Gasteiger partial charge in [0.2, 0.25) is 0 Å². The number of methoxy groups -OCH3 is 1. The Kier molecular flexibility index (Phi) is 1.96. The van der Waals surface area contributed by atoms with Crippen molar-refractivity contribution in [3.05, 3.63) is 0 Å². The van der Waals surface area contributed by atoms with Crippen molar-refractivity contribution < 1.29 is 52.0 Å². The zero-order chi connectivity index (χ0) is 41.8. The fourth-order valence-electron chi connectivity index (χ4n) is 0.477. The first-order chi connectivity index (χ1) is 21.0. The second kappa shape index (κ2) is 15.5. The molecule has 0 aliphatic rings. The van der Waals surface area contributed by atoms with Crippen molar-refractivity contribution >= 4 is 5.97 Å². The summed E-state index contributed by atoms with van der Waals surface area (Å²) in [6.07, 6.45) is -67.6. The smallest absolute Gasteiger partial charge is 0.305 e. The first kappa shape index (κ1) is 2.40. The van der Waals surface area contributed by atoms with Gasteiger partial charge in [0, 0.05) is 48.9 Å². The van der Waals surface area contributed by atoms with Crippen LogP contribution in [0, 0.1) is 0 Å². The van der Waals surface area contributed by atoms with Gasteiger partial charge in [-0.05, 0) is 6.37 Å². The Labute approximate surface area is 163 Å². The first-order valence-corrected chi connectivity index (χ1v) is 4.57.